The minimum Gasteiger partial charge on any atom is -0.394 e. The summed E-state index contributed by atoms with van der Waals surface area (Å²) in [7, 11) is 0. The number of hydrogen-bond donors (Lipinski definition) is 2. The molecule has 0 aliphatic carbocycles. The van der Waals surface area contributed by atoms with E-state index in [1.54, 1.807) is 0 Å². The number of nitrogens with one attached hydrogen (secondary N) is 1. The second kappa shape index (κ2) is 7.95. The SMILES string of the molecule is O=C(N[C@@H](CO)c1nc(-c2ccc(C(F)(F)F)cc2)no1)c1c(F)cccc1F. The van der Waals surface area contributed by atoms with Crippen molar-refractivity contribution >= 4 is 5.91 Å². The third-order valence-corrected chi connectivity index (χ3v) is 3.89. The molecule has 0 aliphatic heterocycles. The van der Waals surface area contributed by atoms with Gasteiger partial charge in [0.05, 0.1) is 12.2 Å². The fourth-order valence-electron chi connectivity index (χ4n) is 2.43. The zero-order valence-corrected chi connectivity index (χ0v) is 14.4. The molecule has 2 aromatic carbocycles. The Morgan fingerprint density at radius 2 is 1.72 bits per heavy atom. The highest BCUT2D eigenvalue weighted by Gasteiger charge is 2.30. The van der Waals surface area contributed by atoms with Crippen molar-refractivity contribution < 1.29 is 36.4 Å². The summed E-state index contributed by atoms with van der Waals surface area (Å²) in [4.78, 5) is 16.1. The van der Waals surface area contributed by atoms with E-state index in [9.17, 15) is 31.9 Å². The molecule has 1 amide bonds. The van der Waals surface area contributed by atoms with E-state index in [0.29, 0.717) is 0 Å². The molecule has 6 nitrogen and oxygen atoms in total. The van der Waals surface area contributed by atoms with Gasteiger partial charge in [-0.2, -0.15) is 18.2 Å². The van der Waals surface area contributed by atoms with Crippen molar-refractivity contribution in [1.82, 2.24) is 15.5 Å². The van der Waals surface area contributed by atoms with E-state index in [-0.39, 0.29) is 17.3 Å². The average molecular weight is 413 g/mol. The largest absolute Gasteiger partial charge is 0.416 e. The van der Waals surface area contributed by atoms with Crippen LogP contribution in [0.1, 0.15) is 27.9 Å². The Hall–Kier alpha value is -3.34. The summed E-state index contributed by atoms with van der Waals surface area (Å²) in [5.74, 6) is -3.76. The molecule has 11 heteroatoms. The number of aliphatic hydroxyl groups is 1. The van der Waals surface area contributed by atoms with E-state index in [4.69, 9.17) is 4.52 Å². The van der Waals surface area contributed by atoms with Crippen LogP contribution in [0, 0.1) is 11.6 Å². The van der Waals surface area contributed by atoms with Gasteiger partial charge in [0.1, 0.15) is 23.2 Å². The van der Waals surface area contributed by atoms with E-state index in [1.807, 2.05) is 0 Å². The predicted octanol–water partition coefficient (Wildman–Crippen LogP) is 3.50. The van der Waals surface area contributed by atoms with Crippen molar-refractivity contribution in [1.29, 1.82) is 0 Å². The van der Waals surface area contributed by atoms with E-state index >= 15 is 0 Å². The molecule has 1 aromatic heterocycles. The third-order valence-electron chi connectivity index (χ3n) is 3.89. The van der Waals surface area contributed by atoms with E-state index in [1.165, 1.54) is 0 Å². The van der Waals surface area contributed by atoms with Crippen molar-refractivity contribution in [2.45, 2.75) is 12.2 Å². The van der Waals surface area contributed by atoms with Crippen LogP contribution in [0.15, 0.2) is 47.0 Å². The number of amides is 1. The summed E-state index contributed by atoms with van der Waals surface area (Å²) >= 11 is 0. The first-order valence-electron chi connectivity index (χ1n) is 8.07. The second-order valence-corrected chi connectivity index (χ2v) is 5.84. The molecule has 1 atom stereocenters. The minimum atomic E-state index is -4.50. The Morgan fingerprint density at radius 3 is 2.28 bits per heavy atom. The Morgan fingerprint density at radius 1 is 1.10 bits per heavy atom. The zero-order valence-electron chi connectivity index (χ0n) is 14.4. The van der Waals surface area contributed by atoms with Crippen molar-refractivity contribution in [3.05, 3.63) is 71.1 Å². The monoisotopic (exact) mass is 413 g/mol. The number of nitrogens with zero attached hydrogens (tertiary/aromatic N) is 2. The maximum atomic E-state index is 13.7. The topological polar surface area (TPSA) is 88.2 Å². The number of aromatic nitrogens is 2. The van der Waals surface area contributed by atoms with Gasteiger partial charge in [0.25, 0.3) is 11.8 Å². The lowest BCUT2D eigenvalue weighted by Gasteiger charge is -2.12. The first-order chi connectivity index (χ1) is 13.7. The van der Waals surface area contributed by atoms with Crippen molar-refractivity contribution in [3.8, 4) is 11.4 Å². The Kier molecular flexibility index (Phi) is 5.59. The number of carbonyl (C=O) groups excluding carboxylic acids is 1. The van der Waals surface area contributed by atoms with E-state index in [0.717, 1.165) is 42.5 Å². The lowest BCUT2D eigenvalue weighted by Crippen LogP contribution is -2.32. The molecular formula is C18H12F5N3O3. The van der Waals surface area contributed by atoms with Crippen molar-refractivity contribution in [3.63, 3.8) is 0 Å². The molecule has 0 unspecified atom stereocenters. The number of rotatable bonds is 5. The molecule has 3 aromatic rings. The number of carbonyl (C=O) groups is 1. The summed E-state index contributed by atoms with van der Waals surface area (Å²) < 4.78 is 70.2. The van der Waals surface area contributed by atoms with Gasteiger partial charge in [-0.15, -0.1) is 0 Å². The lowest BCUT2D eigenvalue weighted by molar-refractivity contribution is -0.137. The highest BCUT2D eigenvalue weighted by Crippen LogP contribution is 2.30. The van der Waals surface area contributed by atoms with Crippen LogP contribution in [0.2, 0.25) is 0 Å². The number of halogens is 5. The average Bonchev–Trinajstić information content (AvgIpc) is 3.15. The molecule has 1 heterocycles. The van der Waals surface area contributed by atoms with Crippen LogP contribution in [0.3, 0.4) is 0 Å². The maximum Gasteiger partial charge on any atom is 0.416 e. The number of benzene rings is 2. The summed E-state index contributed by atoms with van der Waals surface area (Å²) in [5, 5.41) is 15.2. The van der Waals surface area contributed by atoms with Crippen LogP contribution in [0.4, 0.5) is 22.0 Å². The highest BCUT2D eigenvalue weighted by atomic mass is 19.4. The molecule has 2 N–H and O–H groups in total. The van der Waals surface area contributed by atoms with Gasteiger partial charge in [-0.05, 0) is 24.3 Å². The summed E-state index contributed by atoms with van der Waals surface area (Å²) in [6.07, 6.45) is -4.50. The van der Waals surface area contributed by atoms with Gasteiger partial charge < -0.3 is 14.9 Å². The standard InChI is InChI=1S/C18H12F5N3O3/c19-11-2-1-3-12(20)14(11)16(28)24-13(8-27)17-25-15(26-29-17)9-4-6-10(7-5-9)18(21,22)23/h1-7,13,27H,8H2,(H,24,28)/t13-/m0/s1. The van der Waals surface area contributed by atoms with Gasteiger partial charge in [0.2, 0.25) is 5.82 Å². The van der Waals surface area contributed by atoms with Crippen LogP contribution in [-0.4, -0.2) is 27.8 Å². The normalized spacial score (nSPS) is 12.6. The van der Waals surface area contributed by atoms with Gasteiger partial charge >= 0.3 is 6.18 Å². The van der Waals surface area contributed by atoms with Gasteiger partial charge in [-0.3, -0.25) is 4.79 Å². The molecule has 0 fully saturated rings. The first-order valence-corrected chi connectivity index (χ1v) is 8.07. The van der Waals surface area contributed by atoms with Gasteiger partial charge in [-0.25, -0.2) is 8.78 Å². The smallest absolute Gasteiger partial charge is 0.394 e. The number of alkyl halides is 3. The predicted molar refractivity (Wildman–Crippen MR) is 88.4 cm³/mol. The Bertz CT molecular complexity index is 998. The summed E-state index contributed by atoms with van der Waals surface area (Å²) in [6.45, 7) is -0.740. The van der Waals surface area contributed by atoms with Crippen LogP contribution in [-0.2, 0) is 6.18 Å². The minimum absolute atomic E-state index is 0.0986. The number of aliphatic hydroxyl groups excluding tert-OH is 1. The van der Waals surface area contributed by atoms with Gasteiger partial charge in [-0.1, -0.05) is 23.4 Å². The quantitative estimate of drug-likeness (QED) is 0.626. The molecule has 0 saturated carbocycles. The molecule has 0 aliphatic rings. The van der Waals surface area contributed by atoms with Crippen LogP contribution < -0.4 is 5.32 Å². The summed E-state index contributed by atoms with van der Waals surface area (Å²) in [6, 6.07) is 5.48. The van der Waals surface area contributed by atoms with Gasteiger partial charge in [0.15, 0.2) is 0 Å². The lowest BCUT2D eigenvalue weighted by atomic mass is 10.1. The van der Waals surface area contributed by atoms with Crippen LogP contribution in [0.5, 0.6) is 0 Å². The van der Waals surface area contributed by atoms with E-state index < -0.39 is 47.5 Å². The van der Waals surface area contributed by atoms with E-state index in [2.05, 4.69) is 15.5 Å². The molecular weight excluding hydrogens is 401 g/mol. The fourth-order valence-corrected chi connectivity index (χ4v) is 2.43. The molecule has 0 radical (unpaired) electrons. The third kappa shape index (κ3) is 4.40. The molecule has 3 rings (SSSR count). The first kappa shape index (κ1) is 20.4. The molecule has 0 spiro atoms. The van der Waals surface area contributed by atoms with Crippen LogP contribution in [0.25, 0.3) is 11.4 Å². The maximum absolute atomic E-state index is 13.7. The Labute approximate surface area is 160 Å². The van der Waals surface area contributed by atoms with Gasteiger partial charge in [0, 0.05) is 5.56 Å². The van der Waals surface area contributed by atoms with Crippen molar-refractivity contribution in [2.75, 3.05) is 6.61 Å². The summed E-state index contributed by atoms with van der Waals surface area (Å²) in [5.41, 5.74) is -1.53. The Balaban J connectivity index is 1.80. The van der Waals surface area contributed by atoms with Crippen LogP contribution >= 0.6 is 0 Å². The molecule has 0 bridgehead atoms. The molecule has 152 valence electrons. The molecule has 29 heavy (non-hydrogen) atoms. The molecule has 0 saturated heterocycles. The van der Waals surface area contributed by atoms with Crippen molar-refractivity contribution in [2.24, 2.45) is 0 Å². The fraction of sp³-hybridized carbons (Fsp3) is 0.167. The second-order valence-electron chi connectivity index (χ2n) is 5.84. The zero-order chi connectivity index (χ0) is 21.2. The highest BCUT2D eigenvalue weighted by molar-refractivity contribution is 5.94. The number of hydrogen-bond acceptors (Lipinski definition) is 5.